The summed E-state index contributed by atoms with van der Waals surface area (Å²) in [5.74, 6) is -6.49. The molecule has 214 valence electrons. The fourth-order valence-electron chi connectivity index (χ4n) is 6.75. The maximum Gasteiger partial charge on any atom is 0.339 e. The lowest BCUT2D eigenvalue weighted by Gasteiger charge is -2.42. The average Bonchev–Trinajstić information content (AvgIpc) is 3.21. The van der Waals surface area contributed by atoms with E-state index in [0.717, 1.165) is 22.6 Å². The standard InChI is InChI=1S/C31H24BrNO9/c1-12-7-21(34)19-11-18-15(24(26(19)27(12)36)13-8-20(32)28(37)23(9-13)42-2)5-6-17-25(18)30(39)33(29(17)38)14-3-4-16(31(40)41)22(35)10-14/h3-5,7-10,17-18,24-25,35,37H,6,11H2,1-2H3,(H,40,41)/t17-,18+,24-,25-/m0/s1. The van der Waals surface area contributed by atoms with E-state index in [9.17, 15) is 39.3 Å². The van der Waals surface area contributed by atoms with Gasteiger partial charge in [-0.15, -0.1) is 0 Å². The maximum absolute atomic E-state index is 14.0. The van der Waals surface area contributed by atoms with Gasteiger partial charge >= 0.3 is 5.97 Å². The van der Waals surface area contributed by atoms with Crippen LogP contribution in [0.4, 0.5) is 5.69 Å². The highest BCUT2D eigenvalue weighted by atomic mass is 79.9. The number of aromatic hydroxyl groups is 2. The molecule has 4 atom stereocenters. The predicted molar refractivity (Wildman–Crippen MR) is 151 cm³/mol. The number of allylic oxidation sites excluding steroid dienone is 6. The van der Waals surface area contributed by atoms with Crippen LogP contribution in [-0.4, -0.2) is 51.8 Å². The van der Waals surface area contributed by atoms with Crippen molar-refractivity contribution in [1.82, 2.24) is 0 Å². The molecule has 2 aromatic rings. The summed E-state index contributed by atoms with van der Waals surface area (Å²) in [7, 11) is 1.39. The number of carboxylic acids is 1. The minimum atomic E-state index is -1.36. The van der Waals surface area contributed by atoms with Gasteiger partial charge in [0.25, 0.3) is 0 Å². The van der Waals surface area contributed by atoms with Crippen molar-refractivity contribution in [1.29, 1.82) is 0 Å². The van der Waals surface area contributed by atoms with Crippen LogP contribution < -0.4 is 9.64 Å². The molecule has 1 saturated heterocycles. The topological polar surface area (TPSA) is 159 Å². The number of Topliss-reactive ketones (excluding diaryl/α,β-unsaturated/α-hetero) is 1. The van der Waals surface area contributed by atoms with Crippen molar-refractivity contribution in [3.05, 3.63) is 80.4 Å². The summed E-state index contributed by atoms with van der Waals surface area (Å²) in [4.78, 5) is 66.8. The normalized spacial score (nSPS) is 25.1. The number of ketones is 2. The van der Waals surface area contributed by atoms with Gasteiger partial charge in [0.1, 0.15) is 11.3 Å². The minimum Gasteiger partial charge on any atom is -0.507 e. The van der Waals surface area contributed by atoms with E-state index < -0.39 is 47.2 Å². The first kappa shape index (κ1) is 27.6. The van der Waals surface area contributed by atoms with Gasteiger partial charge in [0.05, 0.1) is 29.1 Å². The Morgan fingerprint density at radius 1 is 1.05 bits per heavy atom. The highest BCUT2D eigenvalue weighted by molar-refractivity contribution is 9.10. The number of hydrogen-bond acceptors (Lipinski definition) is 8. The molecule has 1 aliphatic heterocycles. The summed E-state index contributed by atoms with van der Waals surface area (Å²) in [6.45, 7) is 1.58. The summed E-state index contributed by atoms with van der Waals surface area (Å²) >= 11 is 3.34. The van der Waals surface area contributed by atoms with Crippen molar-refractivity contribution in [3.63, 3.8) is 0 Å². The van der Waals surface area contributed by atoms with Gasteiger partial charge in [0.15, 0.2) is 23.1 Å². The number of fused-ring (bicyclic) bond motifs is 3. The second-order valence-electron chi connectivity index (χ2n) is 10.8. The fourth-order valence-corrected chi connectivity index (χ4v) is 7.21. The number of benzene rings is 2. The lowest BCUT2D eigenvalue weighted by Crippen LogP contribution is -2.39. The second-order valence-corrected chi connectivity index (χ2v) is 11.7. The summed E-state index contributed by atoms with van der Waals surface area (Å²) in [5.41, 5.74) is 1.85. The number of amides is 2. The second kappa shape index (κ2) is 9.80. The van der Waals surface area contributed by atoms with E-state index in [-0.39, 0.29) is 52.7 Å². The van der Waals surface area contributed by atoms with Crippen molar-refractivity contribution in [2.75, 3.05) is 12.0 Å². The van der Waals surface area contributed by atoms with Crippen LogP contribution in [0.2, 0.25) is 0 Å². The number of ether oxygens (including phenoxy) is 1. The number of carboxylic acid groups (broad SMARTS) is 1. The Bertz CT molecular complexity index is 1750. The van der Waals surface area contributed by atoms with Crippen molar-refractivity contribution in [2.45, 2.75) is 25.7 Å². The Kier molecular flexibility index (Phi) is 6.45. The first-order valence-electron chi connectivity index (χ1n) is 13.1. The molecule has 0 bridgehead atoms. The van der Waals surface area contributed by atoms with E-state index in [1.165, 1.54) is 19.3 Å². The van der Waals surface area contributed by atoms with Gasteiger partial charge in [0, 0.05) is 28.7 Å². The number of anilines is 1. The molecule has 3 N–H and O–H groups in total. The number of methoxy groups -OCH3 is 1. The number of imide groups is 1. The van der Waals surface area contributed by atoms with Crippen LogP contribution in [0, 0.1) is 17.8 Å². The predicted octanol–water partition coefficient (Wildman–Crippen LogP) is 4.20. The SMILES string of the molecule is COc1cc([C@H]2C3=CC[C@@H]4C(=O)N(c5ccc(C(=O)O)c(O)c5)C(=O)[C@@H]4[C@@H]3CC3=C2C(=O)C(C)=CC3=O)cc(Br)c1O. The Morgan fingerprint density at radius 2 is 1.79 bits per heavy atom. The number of phenols is 2. The van der Waals surface area contributed by atoms with Crippen LogP contribution in [0.5, 0.6) is 17.2 Å². The zero-order valence-corrected chi connectivity index (χ0v) is 24.0. The largest absolute Gasteiger partial charge is 0.507 e. The van der Waals surface area contributed by atoms with Gasteiger partial charge in [-0.05, 0) is 77.5 Å². The van der Waals surface area contributed by atoms with E-state index in [2.05, 4.69) is 15.9 Å². The number of phenolic OH excluding ortho intramolecular Hbond substituents is 1. The van der Waals surface area contributed by atoms with E-state index >= 15 is 0 Å². The van der Waals surface area contributed by atoms with Crippen LogP contribution in [0.25, 0.3) is 0 Å². The zero-order valence-electron chi connectivity index (χ0n) is 22.4. The molecular formula is C31H24BrNO9. The van der Waals surface area contributed by atoms with Crippen LogP contribution in [0.3, 0.4) is 0 Å². The minimum absolute atomic E-state index is 0.0467. The highest BCUT2D eigenvalue weighted by Gasteiger charge is 2.56. The molecule has 2 amide bonds. The number of carbonyl (C=O) groups is 5. The molecule has 3 aliphatic carbocycles. The number of nitrogens with zero attached hydrogens (tertiary/aromatic N) is 1. The Hall–Kier alpha value is -4.51. The number of carbonyl (C=O) groups excluding carboxylic acids is 4. The fraction of sp³-hybridized carbons (Fsp3) is 0.258. The van der Waals surface area contributed by atoms with Gasteiger partial charge in [-0.3, -0.25) is 19.2 Å². The molecule has 1 heterocycles. The molecule has 11 heteroatoms. The van der Waals surface area contributed by atoms with Crippen molar-refractivity contribution in [2.24, 2.45) is 17.8 Å². The molecule has 0 radical (unpaired) electrons. The molecule has 42 heavy (non-hydrogen) atoms. The summed E-state index contributed by atoms with van der Waals surface area (Å²) < 4.78 is 5.67. The molecule has 0 spiro atoms. The maximum atomic E-state index is 14.0. The molecule has 10 nitrogen and oxygen atoms in total. The summed E-state index contributed by atoms with van der Waals surface area (Å²) in [6, 6.07) is 6.74. The Balaban J connectivity index is 1.48. The zero-order chi connectivity index (χ0) is 30.2. The quantitative estimate of drug-likeness (QED) is 0.255. The van der Waals surface area contributed by atoms with E-state index in [1.807, 2.05) is 6.08 Å². The van der Waals surface area contributed by atoms with Crippen LogP contribution in [0.1, 0.15) is 41.6 Å². The molecule has 6 rings (SSSR count). The molecule has 4 aliphatic rings. The third-order valence-electron chi connectivity index (χ3n) is 8.64. The molecule has 0 unspecified atom stereocenters. The smallest absolute Gasteiger partial charge is 0.339 e. The van der Waals surface area contributed by atoms with Crippen LogP contribution in [0.15, 0.2) is 69.2 Å². The van der Waals surface area contributed by atoms with E-state index in [1.54, 1.807) is 19.1 Å². The van der Waals surface area contributed by atoms with Gasteiger partial charge < -0.3 is 20.1 Å². The van der Waals surface area contributed by atoms with Crippen molar-refractivity contribution < 1.29 is 44.0 Å². The molecule has 0 aromatic heterocycles. The first-order chi connectivity index (χ1) is 19.9. The van der Waals surface area contributed by atoms with E-state index in [0.29, 0.717) is 21.2 Å². The first-order valence-corrected chi connectivity index (χ1v) is 13.9. The molecule has 1 fully saturated rings. The lowest BCUT2D eigenvalue weighted by molar-refractivity contribution is -0.123. The molecule has 0 saturated carbocycles. The van der Waals surface area contributed by atoms with Gasteiger partial charge in [-0.1, -0.05) is 11.6 Å². The van der Waals surface area contributed by atoms with Crippen molar-refractivity contribution in [3.8, 4) is 17.2 Å². The Morgan fingerprint density at radius 3 is 2.45 bits per heavy atom. The number of hydrogen-bond donors (Lipinski definition) is 3. The van der Waals surface area contributed by atoms with Crippen molar-refractivity contribution >= 4 is 51.0 Å². The average molecular weight is 634 g/mol. The van der Waals surface area contributed by atoms with Crippen LogP contribution >= 0.6 is 15.9 Å². The molecule has 2 aromatic carbocycles. The molecular weight excluding hydrogens is 610 g/mol. The van der Waals surface area contributed by atoms with E-state index in [4.69, 9.17) is 4.74 Å². The summed E-state index contributed by atoms with van der Waals surface area (Å²) in [5, 5.41) is 29.9. The third kappa shape index (κ3) is 3.94. The Labute approximate surface area is 247 Å². The highest BCUT2D eigenvalue weighted by Crippen LogP contribution is 2.56. The number of halogens is 1. The summed E-state index contributed by atoms with van der Waals surface area (Å²) in [6.07, 6.45) is 3.43. The number of rotatable bonds is 4. The third-order valence-corrected chi connectivity index (χ3v) is 9.24. The van der Waals surface area contributed by atoms with Gasteiger partial charge in [-0.25, -0.2) is 9.69 Å². The van der Waals surface area contributed by atoms with Gasteiger partial charge in [-0.2, -0.15) is 0 Å². The monoisotopic (exact) mass is 633 g/mol. The number of aromatic carboxylic acids is 1. The lowest BCUT2D eigenvalue weighted by atomic mass is 9.59. The van der Waals surface area contributed by atoms with Crippen LogP contribution in [-0.2, 0) is 19.2 Å². The van der Waals surface area contributed by atoms with Gasteiger partial charge in [0.2, 0.25) is 11.8 Å².